The van der Waals surface area contributed by atoms with Gasteiger partial charge in [-0.15, -0.1) is 0 Å². The van der Waals surface area contributed by atoms with Crippen LogP contribution in [0.25, 0.3) is 0 Å². The number of unbranched alkanes of at least 4 members (excludes halogenated alkanes) is 30. The molecule has 0 aromatic heterocycles. The quantitative estimate of drug-likeness (QED) is 0.0650. The second-order valence-corrected chi connectivity index (χ2v) is 15.7. The van der Waals surface area contributed by atoms with Crippen LogP contribution in [0.1, 0.15) is 245 Å². The van der Waals surface area contributed by atoms with E-state index in [1.165, 1.54) is 258 Å². The molecule has 0 radical (unpaired) electrons. The van der Waals surface area contributed by atoms with Crippen LogP contribution in [0.3, 0.4) is 0 Å². The molecule has 290 valence electrons. The van der Waals surface area contributed by atoms with Crippen LogP contribution in [0.4, 0.5) is 0 Å². The van der Waals surface area contributed by atoms with E-state index in [2.05, 4.69) is 30.6 Å². The Morgan fingerprint density at radius 1 is 0.229 bits per heavy atom. The molecule has 3 nitrogen and oxygen atoms in total. The lowest BCUT2D eigenvalue weighted by Gasteiger charge is -2.26. The van der Waals surface area contributed by atoms with Crippen molar-refractivity contribution in [3.05, 3.63) is 0 Å². The standard InChI is InChI=1S/C45H94N2O/c1-4-7-10-13-16-19-22-25-28-33-39-46(40-34-29-26-23-20-17-14-11-8-5-2)43-38-44-47(42-36-31-32-37-45-48)41-35-30-27-24-21-18-15-12-9-6-3/h48H,4-45H2,1-3H3. The highest BCUT2D eigenvalue weighted by molar-refractivity contribution is 4.65. The first-order chi connectivity index (χ1) is 23.8. The largest absolute Gasteiger partial charge is 0.396 e. The van der Waals surface area contributed by atoms with Gasteiger partial charge in [-0.25, -0.2) is 0 Å². The van der Waals surface area contributed by atoms with Crippen LogP contribution in [-0.2, 0) is 0 Å². The lowest BCUT2D eigenvalue weighted by molar-refractivity contribution is 0.214. The fourth-order valence-electron chi connectivity index (χ4n) is 7.46. The zero-order valence-corrected chi connectivity index (χ0v) is 34.0. The summed E-state index contributed by atoms with van der Waals surface area (Å²) in [5, 5.41) is 9.19. The molecule has 0 atom stereocenters. The molecule has 0 aromatic carbocycles. The van der Waals surface area contributed by atoms with Crippen molar-refractivity contribution in [1.82, 2.24) is 9.80 Å². The average molecular weight is 679 g/mol. The number of hydrogen-bond donors (Lipinski definition) is 1. The van der Waals surface area contributed by atoms with Crippen LogP contribution in [-0.4, -0.2) is 60.8 Å². The van der Waals surface area contributed by atoms with Gasteiger partial charge in [0.1, 0.15) is 0 Å². The maximum absolute atomic E-state index is 9.19. The lowest BCUT2D eigenvalue weighted by Crippen LogP contribution is -2.32. The number of aliphatic hydroxyl groups excluding tert-OH is 1. The Morgan fingerprint density at radius 3 is 0.646 bits per heavy atom. The molecule has 0 saturated carbocycles. The molecule has 3 heteroatoms. The van der Waals surface area contributed by atoms with Gasteiger partial charge < -0.3 is 14.9 Å². The van der Waals surface area contributed by atoms with Crippen molar-refractivity contribution >= 4 is 0 Å². The number of nitrogens with zero attached hydrogens (tertiary/aromatic N) is 2. The van der Waals surface area contributed by atoms with Crippen molar-refractivity contribution < 1.29 is 5.11 Å². The van der Waals surface area contributed by atoms with Crippen LogP contribution in [0.15, 0.2) is 0 Å². The summed E-state index contributed by atoms with van der Waals surface area (Å²) in [6.07, 6.45) is 49.0. The number of hydrogen-bond acceptors (Lipinski definition) is 3. The first-order valence-electron chi connectivity index (χ1n) is 22.8. The predicted molar refractivity (Wildman–Crippen MR) is 219 cm³/mol. The summed E-state index contributed by atoms with van der Waals surface area (Å²) in [6.45, 7) is 15.1. The van der Waals surface area contributed by atoms with Gasteiger partial charge in [0.2, 0.25) is 0 Å². The van der Waals surface area contributed by atoms with Crippen molar-refractivity contribution in [2.24, 2.45) is 0 Å². The fraction of sp³-hybridized carbons (Fsp3) is 1.00. The number of rotatable bonds is 43. The monoisotopic (exact) mass is 679 g/mol. The van der Waals surface area contributed by atoms with E-state index in [1.807, 2.05) is 0 Å². The smallest absolute Gasteiger partial charge is 0.0431 e. The van der Waals surface area contributed by atoms with Gasteiger partial charge in [-0.05, 0) is 77.8 Å². The summed E-state index contributed by atoms with van der Waals surface area (Å²) in [4.78, 5) is 5.67. The Labute approximate surface area is 305 Å². The van der Waals surface area contributed by atoms with Gasteiger partial charge in [0, 0.05) is 6.61 Å². The van der Waals surface area contributed by atoms with Crippen molar-refractivity contribution in [3.63, 3.8) is 0 Å². The zero-order valence-electron chi connectivity index (χ0n) is 34.0. The topological polar surface area (TPSA) is 26.7 Å². The molecule has 0 aliphatic rings. The maximum Gasteiger partial charge on any atom is 0.0431 e. The maximum atomic E-state index is 9.19. The summed E-state index contributed by atoms with van der Waals surface area (Å²) in [5.41, 5.74) is 0. The Hall–Kier alpha value is -0.120. The summed E-state index contributed by atoms with van der Waals surface area (Å²) >= 11 is 0. The molecular formula is C45H94N2O. The van der Waals surface area contributed by atoms with E-state index in [4.69, 9.17) is 0 Å². The Kier molecular flexibility index (Phi) is 42.9. The highest BCUT2D eigenvalue weighted by Crippen LogP contribution is 2.15. The van der Waals surface area contributed by atoms with Gasteiger partial charge in [0.05, 0.1) is 0 Å². The highest BCUT2D eigenvalue weighted by atomic mass is 16.2. The van der Waals surface area contributed by atoms with E-state index in [0.717, 1.165) is 6.42 Å². The van der Waals surface area contributed by atoms with Gasteiger partial charge in [0.15, 0.2) is 0 Å². The Morgan fingerprint density at radius 2 is 0.417 bits per heavy atom. The second kappa shape index (κ2) is 43.0. The molecule has 0 bridgehead atoms. The SMILES string of the molecule is CCCCCCCCCCCCN(CCCCCCO)CCCN(CCCCCCCCCCCC)CCCCCCCCCCCC. The minimum atomic E-state index is 0.357. The molecule has 0 unspecified atom stereocenters. The summed E-state index contributed by atoms with van der Waals surface area (Å²) in [7, 11) is 0. The van der Waals surface area contributed by atoms with Gasteiger partial charge >= 0.3 is 0 Å². The third kappa shape index (κ3) is 38.7. The van der Waals surface area contributed by atoms with Crippen LogP contribution in [0.5, 0.6) is 0 Å². The summed E-state index contributed by atoms with van der Waals surface area (Å²) in [6, 6.07) is 0. The molecule has 0 amide bonds. The zero-order chi connectivity index (χ0) is 34.9. The molecule has 1 N–H and O–H groups in total. The van der Waals surface area contributed by atoms with Crippen molar-refractivity contribution in [3.8, 4) is 0 Å². The molecule has 0 aliphatic carbocycles. The van der Waals surface area contributed by atoms with E-state index in [1.54, 1.807) is 0 Å². The van der Waals surface area contributed by atoms with E-state index in [-0.39, 0.29) is 0 Å². The van der Waals surface area contributed by atoms with Crippen molar-refractivity contribution in [2.45, 2.75) is 245 Å². The summed E-state index contributed by atoms with van der Waals surface area (Å²) < 4.78 is 0. The predicted octanol–water partition coefficient (Wildman–Crippen LogP) is 14.3. The van der Waals surface area contributed by atoms with Crippen LogP contribution >= 0.6 is 0 Å². The third-order valence-corrected chi connectivity index (χ3v) is 10.8. The van der Waals surface area contributed by atoms with E-state index in [9.17, 15) is 5.11 Å². The van der Waals surface area contributed by atoms with Crippen molar-refractivity contribution in [2.75, 3.05) is 45.9 Å². The Bertz CT molecular complexity index is 531. The molecule has 0 aliphatic heterocycles. The molecule has 0 saturated heterocycles. The van der Waals surface area contributed by atoms with Gasteiger partial charge in [-0.1, -0.05) is 207 Å². The van der Waals surface area contributed by atoms with E-state index < -0.39 is 0 Å². The minimum Gasteiger partial charge on any atom is -0.396 e. The average Bonchev–Trinajstić information content (AvgIpc) is 3.09. The molecule has 0 rings (SSSR count). The van der Waals surface area contributed by atoms with Crippen molar-refractivity contribution in [1.29, 1.82) is 0 Å². The first kappa shape index (κ1) is 47.9. The van der Waals surface area contributed by atoms with Gasteiger partial charge in [0.25, 0.3) is 0 Å². The summed E-state index contributed by atoms with van der Waals surface area (Å²) in [5.74, 6) is 0. The molecule has 0 heterocycles. The lowest BCUT2D eigenvalue weighted by atomic mass is 10.1. The fourth-order valence-corrected chi connectivity index (χ4v) is 7.46. The van der Waals surface area contributed by atoms with E-state index >= 15 is 0 Å². The Balaban J connectivity index is 4.50. The van der Waals surface area contributed by atoms with Crippen LogP contribution in [0, 0.1) is 0 Å². The van der Waals surface area contributed by atoms with Crippen LogP contribution < -0.4 is 0 Å². The molecular weight excluding hydrogens is 585 g/mol. The second-order valence-electron chi connectivity index (χ2n) is 15.7. The first-order valence-corrected chi connectivity index (χ1v) is 22.8. The molecule has 0 spiro atoms. The van der Waals surface area contributed by atoms with E-state index in [0.29, 0.717) is 6.61 Å². The van der Waals surface area contributed by atoms with Crippen LogP contribution in [0.2, 0.25) is 0 Å². The van der Waals surface area contributed by atoms with Gasteiger partial charge in [-0.2, -0.15) is 0 Å². The highest BCUT2D eigenvalue weighted by Gasteiger charge is 2.09. The normalized spacial score (nSPS) is 11.9. The number of aliphatic hydroxyl groups is 1. The van der Waals surface area contributed by atoms with Gasteiger partial charge in [-0.3, -0.25) is 0 Å². The molecule has 48 heavy (non-hydrogen) atoms. The molecule has 0 aromatic rings. The minimum absolute atomic E-state index is 0.357. The third-order valence-electron chi connectivity index (χ3n) is 10.8. The molecule has 0 fully saturated rings.